The normalized spacial score (nSPS) is 16.0. The summed E-state index contributed by atoms with van der Waals surface area (Å²) in [4.78, 5) is 14.7. The molecule has 2 rings (SSSR count). The van der Waals surface area contributed by atoms with E-state index < -0.39 is 0 Å². The number of hydrogen-bond acceptors (Lipinski definition) is 2. The van der Waals surface area contributed by atoms with Gasteiger partial charge in [-0.1, -0.05) is 24.2 Å². The second-order valence-electron chi connectivity index (χ2n) is 6.22. The van der Waals surface area contributed by atoms with Crippen LogP contribution in [0.1, 0.15) is 43.6 Å². The molecule has 1 fully saturated rings. The molecule has 3 nitrogen and oxygen atoms in total. The van der Waals surface area contributed by atoms with Crippen molar-refractivity contribution in [3.8, 4) is 0 Å². The first-order chi connectivity index (χ1) is 11.0. The Kier molecular flexibility index (Phi) is 6.92. The monoisotopic (exact) mass is 352 g/mol. The quantitative estimate of drug-likeness (QED) is 0.795. The molecular weight excluding hydrogens is 327 g/mol. The van der Waals surface area contributed by atoms with E-state index in [1.807, 2.05) is 24.1 Å². The highest BCUT2D eigenvalue weighted by molar-refractivity contribution is 7.27. The number of carbonyl (C=O) groups is 1. The first-order valence-corrected chi connectivity index (χ1v) is 9.14. The van der Waals surface area contributed by atoms with Gasteiger partial charge in [0.25, 0.3) is 0 Å². The molecule has 2 atom stereocenters. The van der Waals surface area contributed by atoms with Gasteiger partial charge in [0.05, 0.1) is 0 Å². The Hall–Kier alpha value is -1.05. The molecule has 0 spiro atoms. The summed E-state index contributed by atoms with van der Waals surface area (Å²) in [5.74, 6) is 0.339. The van der Waals surface area contributed by atoms with Gasteiger partial charge in [-0.3, -0.25) is 4.79 Å². The summed E-state index contributed by atoms with van der Waals surface area (Å²) in [5.41, 5.74) is 2.04. The van der Waals surface area contributed by atoms with Gasteiger partial charge in [0, 0.05) is 37.3 Å². The molecule has 0 aromatic heterocycles. The summed E-state index contributed by atoms with van der Waals surface area (Å²) >= 11 is 6.20. The Morgan fingerprint density at radius 1 is 1.30 bits per heavy atom. The highest BCUT2D eigenvalue weighted by Gasteiger charge is 2.23. The summed E-state index contributed by atoms with van der Waals surface area (Å²) in [6.07, 6.45) is 4.71. The van der Waals surface area contributed by atoms with Crippen molar-refractivity contribution in [2.24, 2.45) is 0 Å². The molecule has 1 saturated heterocycles. The number of rotatable bonds is 6. The Morgan fingerprint density at radius 3 is 2.61 bits per heavy atom. The zero-order valence-electron chi connectivity index (χ0n) is 13.8. The van der Waals surface area contributed by atoms with Gasteiger partial charge >= 0.3 is 0 Å². The number of nitrogens with zero attached hydrogens (tertiary/aromatic N) is 1. The highest BCUT2D eigenvalue weighted by atomic mass is 35.5. The predicted octanol–water partition coefficient (Wildman–Crippen LogP) is 3.45. The van der Waals surface area contributed by atoms with E-state index in [1.165, 1.54) is 6.42 Å². The summed E-state index contributed by atoms with van der Waals surface area (Å²) in [5, 5.41) is 4.84. The van der Waals surface area contributed by atoms with E-state index in [0.717, 1.165) is 48.9 Å². The molecule has 126 valence electrons. The van der Waals surface area contributed by atoms with Crippen molar-refractivity contribution < 1.29 is 4.79 Å². The average Bonchev–Trinajstić information content (AvgIpc) is 2.53. The van der Waals surface area contributed by atoms with Crippen molar-refractivity contribution in [3.05, 3.63) is 41.1 Å². The number of nitrogens with one attached hydrogen (secondary N) is 1. The Bertz CT molecular complexity index is 550. The highest BCUT2D eigenvalue weighted by Crippen LogP contribution is 2.29. The van der Waals surface area contributed by atoms with Crippen LogP contribution in [0.15, 0.2) is 30.5 Å². The number of benzene rings is 1. The van der Waals surface area contributed by atoms with Crippen molar-refractivity contribution in [1.82, 2.24) is 10.2 Å². The lowest BCUT2D eigenvalue weighted by Gasteiger charge is -2.29. The number of likely N-dealkylation sites (tertiary alicyclic amines) is 1. The maximum atomic E-state index is 12.7. The van der Waals surface area contributed by atoms with Gasteiger partial charge in [-0.25, -0.2) is 0 Å². The molecule has 5 heteroatoms. The third-order valence-corrected chi connectivity index (χ3v) is 4.94. The fourth-order valence-electron chi connectivity index (χ4n) is 3.06. The topological polar surface area (TPSA) is 32.3 Å². The molecule has 1 aromatic rings. The van der Waals surface area contributed by atoms with Crippen LogP contribution in [0.5, 0.6) is 0 Å². The third kappa shape index (κ3) is 5.51. The zero-order valence-corrected chi connectivity index (χ0v) is 15.7. The zero-order chi connectivity index (χ0) is 16.8. The fraction of sp³-hybridized carbons (Fsp3) is 0.500. The first-order valence-electron chi connectivity index (χ1n) is 8.19. The second-order valence-corrected chi connectivity index (χ2v) is 7.32. The van der Waals surface area contributed by atoms with Gasteiger partial charge in [-0.15, -0.1) is 9.24 Å². The van der Waals surface area contributed by atoms with Crippen molar-refractivity contribution >= 4 is 32.1 Å². The minimum absolute atomic E-state index is 0.0994. The minimum atomic E-state index is 0.0994. The van der Waals surface area contributed by atoms with E-state index in [0.29, 0.717) is 11.4 Å². The Balaban J connectivity index is 2.15. The third-order valence-electron chi connectivity index (χ3n) is 4.39. The average molecular weight is 353 g/mol. The van der Waals surface area contributed by atoms with Crippen LogP contribution < -0.4 is 10.6 Å². The van der Waals surface area contributed by atoms with Gasteiger partial charge in [0.15, 0.2) is 0 Å². The Morgan fingerprint density at radius 2 is 2.00 bits per heavy atom. The van der Waals surface area contributed by atoms with Crippen LogP contribution in [-0.2, 0) is 4.79 Å². The van der Waals surface area contributed by atoms with E-state index in [-0.39, 0.29) is 11.8 Å². The summed E-state index contributed by atoms with van der Waals surface area (Å²) < 4.78 is 0. The number of hydrogen-bond donors (Lipinski definition) is 1. The molecule has 2 unspecified atom stereocenters. The van der Waals surface area contributed by atoms with E-state index in [9.17, 15) is 4.79 Å². The van der Waals surface area contributed by atoms with Gasteiger partial charge in [0.1, 0.15) is 0 Å². The maximum absolute atomic E-state index is 12.7. The number of carbonyl (C=O) groups excluding carboxylic acids is 1. The van der Waals surface area contributed by atoms with Gasteiger partial charge in [-0.2, -0.15) is 0 Å². The Labute approximate surface area is 146 Å². The second kappa shape index (κ2) is 8.70. The van der Waals surface area contributed by atoms with Crippen LogP contribution in [0, 0.1) is 0 Å². The minimum Gasteiger partial charge on any atom is -0.392 e. The molecule has 0 radical (unpaired) electrons. The number of halogens is 1. The number of allylic oxidation sites excluding steroid dienone is 1. The van der Waals surface area contributed by atoms with E-state index in [1.54, 1.807) is 0 Å². The summed E-state index contributed by atoms with van der Waals surface area (Å²) in [6, 6.07) is 5.96. The van der Waals surface area contributed by atoms with Crippen LogP contribution in [0.2, 0.25) is 5.02 Å². The molecule has 1 amide bonds. The van der Waals surface area contributed by atoms with Gasteiger partial charge in [-0.05, 0) is 54.6 Å². The predicted molar refractivity (Wildman–Crippen MR) is 101 cm³/mol. The van der Waals surface area contributed by atoms with Crippen LogP contribution >= 0.6 is 20.8 Å². The molecule has 1 heterocycles. The smallest absolute Gasteiger partial charge is 0.223 e. The van der Waals surface area contributed by atoms with Crippen molar-refractivity contribution in [2.75, 3.05) is 20.1 Å². The van der Waals surface area contributed by atoms with E-state index >= 15 is 0 Å². The number of piperidine rings is 1. The van der Waals surface area contributed by atoms with E-state index in [2.05, 4.69) is 27.2 Å². The van der Waals surface area contributed by atoms with Crippen molar-refractivity contribution in [3.63, 3.8) is 0 Å². The molecule has 1 aliphatic heterocycles. The van der Waals surface area contributed by atoms with Crippen LogP contribution in [0.25, 0.3) is 0 Å². The molecule has 1 aliphatic rings. The van der Waals surface area contributed by atoms with E-state index in [4.69, 9.17) is 11.6 Å². The standard InChI is InChI=1S/C18H26ClN2OP/c1-13(20-2)8-14(15-9-16(19)12-17(23)10-15)11-18(22)21-6-4-3-5-7-21/h9-10,12,14,20H,1,3-8,11,23H2,2H3. The first kappa shape index (κ1) is 18.3. The SMILES string of the molecule is C=C(CC(CC(=O)N1CCCCC1)c1cc(P)cc(Cl)c1)NC. The molecule has 1 aromatic carbocycles. The van der Waals surface area contributed by atoms with Gasteiger partial charge < -0.3 is 10.2 Å². The van der Waals surface area contributed by atoms with Gasteiger partial charge in [0.2, 0.25) is 5.91 Å². The summed E-state index contributed by atoms with van der Waals surface area (Å²) in [6.45, 7) is 5.81. The largest absolute Gasteiger partial charge is 0.392 e. The van der Waals surface area contributed by atoms with Crippen LogP contribution in [-0.4, -0.2) is 30.9 Å². The van der Waals surface area contributed by atoms with Crippen molar-refractivity contribution in [2.45, 2.75) is 38.0 Å². The van der Waals surface area contributed by atoms with Crippen LogP contribution in [0.3, 0.4) is 0 Å². The molecule has 0 saturated carbocycles. The maximum Gasteiger partial charge on any atom is 0.223 e. The number of amides is 1. The van der Waals surface area contributed by atoms with Crippen molar-refractivity contribution in [1.29, 1.82) is 0 Å². The lowest BCUT2D eigenvalue weighted by Crippen LogP contribution is -2.36. The fourth-order valence-corrected chi connectivity index (χ4v) is 3.79. The lowest BCUT2D eigenvalue weighted by atomic mass is 9.90. The molecule has 0 aliphatic carbocycles. The molecule has 1 N–H and O–H groups in total. The molecule has 23 heavy (non-hydrogen) atoms. The lowest BCUT2D eigenvalue weighted by molar-refractivity contribution is -0.132. The molecular formula is C18H26ClN2OP. The summed E-state index contributed by atoms with van der Waals surface area (Å²) in [7, 11) is 4.55. The molecule has 0 bridgehead atoms. The van der Waals surface area contributed by atoms with Crippen LogP contribution in [0.4, 0.5) is 0 Å².